The van der Waals surface area contributed by atoms with E-state index in [1.165, 1.54) is 6.07 Å². The van der Waals surface area contributed by atoms with E-state index in [2.05, 4.69) is 29.1 Å². The number of piperazine rings is 1. The zero-order valence-corrected chi connectivity index (χ0v) is 21.6. The molecule has 0 atom stereocenters. The van der Waals surface area contributed by atoms with Crippen LogP contribution >= 0.6 is 0 Å². The summed E-state index contributed by atoms with van der Waals surface area (Å²) in [7, 11) is -2.00. The first kappa shape index (κ1) is 27.1. The zero-order chi connectivity index (χ0) is 25.3. The molecule has 3 N–H and O–H groups in total. The van der Waals surface area contributed by atoms with Gasteiger partial charge in [-0.3, -0.25) is 4.79 Å². The molecule has 1 saturated heterocycles. The number of carbonyl (C=O) groups is 1. The van der Waals surface area contributed by atoms with Crippen molar-refractivity contribution >= 4 is 21.5 Å². The second kappa shape index (κ2) is 13.0. The first-order valence-electron chi connectivity index (χ1n) is 12.4. The molecule has 1 aliphatic rings. The molecular weight excluding hydrogens is 464 g/mol. The van der Waals surface area contributed by atoms with Crippen LogP contribution in [-0.4, -0.2) is 70.3 Å². The van der Waals surface area contributed by atoms with Crippen molar-refractivity contribution in [1.82, 2.24) is 9.80 Å². The number of nitrogens with zero attached hydrogens (tertiary/aromatic N) is 2. The number of unbranched alkanes of at least 4 members (excludes halogenated alkanes) is 2. The number of primary sulfonamides is 1. The monoisotopic (exact) mass is 502 g/mol. The zero-order valence-electron chi connectivity index (χ0n) is 20.8. The highest BCUT2D eigenvalue weighted by molar-refractivity contribution is 7.89. The number of hydrogen-bond acceptors (Lipinski definition) is 7. The van der Waals surface area contributed by atoms with Crippen molar-refractivity contribution in [3.63, 3.8) is 0 Å². The van der Waals surface area contributed by atoms with Gasteiger partial charge in [0.25, 0.3) is 0 Å². The van der Waals surface area contributed by atoms with Crippen LogP contribution < -0.4 is 15.2 Å². The molecule has 0 aromatic heterocycles. The predicted octanol–water partition coefficient (Wildman–Crippen LogP) is 3.94. The van der Waals surface area contributed by atoms with Gasteiger partial charge in [-0.2, -0.15) is 0 Å². The molecule has 1 heterocycles. The number of carbonyl (C=O) groups excluding carboxylic acids is 1. The minimum absolute atomic E-state index is 0.0990. The molecule has 2 aromatic rings. The normalized spacial score (nSPS) is 15.2. The third-order valence-corrected chi connectivity index (χ3v) is 7.13. The van der Waals surface area contributed by atoms with E-state index in [0.29, 0.717) is 30.0 Å². The molecule has 1 fully saturated rings. The van der Waals surface area contributed by atoms with Crippen LogP contribution in [0.5, 0.6) is 11.5 Å². The van der Waals surface area contributed by atoms with E-state index in [-0.39, 0.29) is 16.4 Å². The van der Waals surface area contributed by atoms with Crippen LogP contribution in [0, 0.1) is 0 Å². The third kappa shape index (κ3) is 8.31. The Morgan fingerprint density at radius 3 is 2.43 bits per heavy atom. The number of likely N-dealkylation sites (N-methyl/N-ethyl adjacent to an activating group) is 1. The van der Waals surface area contributed by atoms with Crippen LogP contribution in [0.25, 0.3) is 0 Å². The van der Waals surface area contributed by atoms with Crippen molar-refractivity contribution in [2.75, 3.05) is 51.6 Å². The van der Waals surface area contributed by atoms with Gasteiger partial charge in [0.2, 0.25) is 10.0 Å². The summed E-state index contributed by atoms with van der Waals surface area (Å²) in [6.45, 7) is 7.91. The fraction of sp³-hybridized carbons (Fsp3) is 0.500. The Hall–Kier alpha value is -2.46. The lowest BCUT2D eigenvalue weighted by Crippen LogP contribution is -2.44. The largest absolute Gasteiger partial charge is 0.454 e. The van der Waals surface area contributed by atoms with Crippen molar-refractivity contribution in [3.8, 4) is 11.5 Å². The molecule has 8 nitrogen and oxygen atoms in total. The van der Waals surface area contributed by atoms with Gasteiger partial charge in [0, 0.05) is 44.7 Å². The average molecular weight is 503 g/mol. The minimum Gasteiger partial charge on any atom is -0.454 e. The number of para-hydroxylation sites is 1. The summed E-state index contributed by atoms with van der Waals surface area (Å²) in [6.07, 6.45) is 3.88. The standard InChI is InChI=1S/C26H38N4O4S/c1-3-4-13-28-23-19-21(24(31)12-8-9-14-30-17-15-29(2)16-18-30)20-25(35(27,32)33)26(23)34-22-10-6-5-7-11-22/h5-7,10-11,19-20,28H,3-4,8-9,12-18H2,1-2H3,(H2,27,32,33). The third-order valence-electron chi connectivity index (χ3n) is 6.22. The van der Waals surface area contributed by atoms with Gasteiger partial charge in [-0.05, 0) is 57.1 Å². The molecule has 0 unspecified atom stereocenters. The second-order valence-electron chi connectivity index (χ2n) is 9.12. The van der Waals surface area contributed by atoms with Crippen molar-refractivity contribution in [2.24, 2.45) is 5.14 Å². The molecule has 2 aromatic carbocycles. The number of ketones is 1. The summed E-state index contributed by atoms with van der Waals surface area (Å²) in [5, 5.41) is 8.81. The Morgan fingerprint density at radius 1 is 1.06 bits per heavy atom. The predicted molar refractivity (Wildman–Crippen MR) is 140 cm³/mol. The van der Waals surface area contributed by atoms with Crippen LogP contribution in [0.1, 0.15) is 49.4 Å². The van der Waals surface area contributed by atoms with Crippen LogP contribution in [0.3, 0.4) is 0 Å². The highest BCUT2D eigenvalue weighted by atomic mass is 32.2. The van der Waals surface area contributed by atoms with Gasteiger partial charge < -0.3 is 19.9 Å². The van der Waals surface area contributed by atoms with Gasteiger partial charge in [-0.25, -0.2) is 13.6 Å². The topological polar surface area (TPSA) is 105 Å². The van der Waals surface area contributed by atoms with Crippen molar-refractivity contribution in [2.45, 2.75) is 43.9 Å². The summed E-state index contributed by atoms with van der Waals surface area (Å²) >= 11 is 0. The lowest BCUT2D eigenvalue weighted by atomic mass is 10.0. The van der Waals surface area contributed by atoms with Gasteiger partial charge in [0.05, 0.1) is 5.69 Å². The molecule has 35 heavy (non-hydrogen) atoms. The van der Waals surface area contributed by atoms with E-state index in [9.17, 15) is 13.2 Å². The van der Waals surface area contributed by atoms with E-state index < -0.39 is 10.0 Å². The molecule has 0 bridgehead atoms. The fourth-order valence-corrected chi connectivity index (χ4v) is 4.76. The Labute approximate surface area is 209 Å². The van der Waals surface area contributed by atoms with Crippen molar-refractivity contribution < 1.29 is 17.9 Å². The van der Waals surface area contributed by atoms with Crippen LogP contribution in [0.2, 0.25) is 0 Å². The van der Waals surface area contributed by atoms with Gasteiger partial charge in [-0.15, -0.1) is 0 Å². The van der Waals surface area contributed by atoms with Crippen molar-refractivity contribution in [1.29, 1.82) is 0 Å². The smallest absolute Gasteiger partial charge is 0.241 e. The molecule has 0 spiro atoms. The molecule has 9 heteroatoms. The van der Waals surface area contributed by atoms with E-state index >= 15 is 0 Å². The van der Waals surface area contributed by atoms with Gasteiger partial charge >= 0.3 is 0 Å². The number of benzene rings is 2. The Balaban J connectivity index is 1.77. The Bertz CT molecular complexity index is 1070. The lowest BCUT2D eigenvalue weighted by molar-refractivity contribution is 0.0975. The van der Waals surface area contributed by atoms with Crippen LogP contribution in [0.15, 0.2) is 47.4 Å². The highest BCUT2D eigenvalue weighted by Gasteiger charge is 2.23. The van der Waals surface area contributed by atoms with Crippen molar-refractivity contribution in [3.05, 3.63) is 48.0 Å². The maximum atomic E-state index is 13.0. The summed E-state index contributed by atoms with van der Waals surface area (Å²) in [5.74, 6) is 0.499. The lowest BCUT2D eigenvalue weighted by Gasteiger charge is -2.32. The first-order chi connectivity index (χ1) is 16.8. The van der Waals surface area contributed by atoms with Gasteiger partial charge in [0.1, 0.15) is 10.6 Å². The quantitative estimate of drug-likeness (QED) is 0.316. The molecule has 1 aliphatic heterocycles. The summed E-state index contributed by atoms with van der Waals surface area (Å²) in [5.41, 5.74) is 0.780. The maximum Gasteiger partial charge on any atom is 0.241 e. The van der Waals surface area contributed by atoms with E-state index in [1.54, 1.807) is 30.3 Å². The maximum absolute atomic E-state index is 13.0. The number of anilines is 1. The summed E-state index contributed by atoms with van der Waals surface area (Å²) in [6, 6.07) is 12.0. The molecule has 0 radical (unpaired) electrons. The number of sulfonamides is 1. The van der Waals surface area contributed by atoms with Gasteiger partial charge in [0.15, 0.2) is 11.5 Å². The molecule has 192 valence electrons. The highest BCUT2D eigenvalue weighted by Crippen LogP contribution is 2.37. The van der Waals surface area contributed by atoms with E-state index in [0.717, 1.165) is 58.4 Å². The first-order valence-corrected chi connectivity index (χ1v) is 13.9. The summed E-state index contributed by atoms with van der Waals surface area (Å²) in [4.78, 5) is 17.6. The molecule has 3 rings (SSSR count). The SMILES string of the molecule is CCCCNc1cc(C(=O)CCCCN2CCN(C)CC2)cc(S(N)(=O)=O)c1Oc1ccccc1. The Morgan fingerprint density at radius 2 is 1.77 bits per heavy atom. The summed E-state index contributed by atoms with van der Waals surface area (Å²) < 4.78 is 31.0. The fourth-order valence-electron chi connectivity index (χ4n) is 4.05. The van der Waals surface area contributed by atoms with E-state index in [4.69, 9.17) is 9.88 Å². The molecule has 0 saturated carbocycles. The number of hydrogen-bond donors (Lipinski definition) is 2. The van der Waals surface area contributed by atoms with E-state index in [1.807, 2.05) is 6.07 Å². The molecular formula is C26H38N4O4S. The number of ether oxygens (including phenoxy) is 1. The van der Waals surface area contributed by atoms with Crippen LogP contribution in [0.4, 0.5) is 5.69 Å². The minimum atomic E-state index is -4.13. The van der Waals surface area contributed by atoms with Gasteiger partial charge in [-0.1, -0.05) is 31.5 Å². The van der Waals surface area contributed by atoms with Crippen LogP contribution in [-0.2, 0) is 10.0 Å². The number of nitrogens with two attached hydrogens (primary N) is 1. The number of rotatable bonds is 13. The molecule has 0 amide bonds. The number of nitrogens with one attached hydrogen (secondary N) is 1. The number of Topliss-reactive ketones (excluding diaryl/α,β-unsaturated/α-hetero) is 1. The molecule has 0 aliphatic carbocycles. The average Bonchev–Trinajstić information content (AvgIpc) is 2.83. The second-order valence-corrected chi connectivity index (χ2v) is 10.6. The Kier molecular flexibility index (Phi) is 10.1.